The lowest BCUT2D eigenvalue weighted by atomic mass is 10.1. The van der Waals surface area contributed by atoms with Gasteiger partial charge in [0.1, 0.15) is 4.64 Å². The highest BCUT2D eigenvalue weighted by Crippen LogP contribution is 2.28. The van der Waals surface area contributed by atoms with Gasteiger partial charge in [0.05, 0.1) is 18.4 Å². The number of aromatic nitrogens is 2. The van der Waals surface area contributed by atoms with Crippen LogP contribution in [0.1, 0.15) is 10.4 Å². The molecule has 0 aliphatic heterocycles. The Kier molecular flexibility index (Phi) is 4.68. The van der Waals surface area contributed by atoms with Gasteiger partial charge in [-0.05, 0) is 30.3 Å². The number of hydrogen-bond donors (Lipinski definition) is 2. The standard InChI is InChI=1S/C16H12FN3O2S2/c1-22-13-5-4-9(7-11(13)17)12-8-24-16(19-12)20-14(21)10-3-2-6-18-15(10)23/h2-8H,1H3,(H,18,23)(H,19,20,21). The molecule has 0 saturated carbocycles. The molecule has 2 N–H and O–H groups in total. The molecule has 2 heterocycles. The zero-order valence-corrected chi connectivity index (χ0v) is 14.1. The molecule has 0 atom stereocenters. The van der Waals surface area contributed by atoms with Gasteiger partial charge in [-0.2, -0.15) is 0 Å². The molecule has 1 amide bonds. The molecule has 5 nitrogen and oxygen atoms in total. The van der Waals surface area contributed by atoms with Gasteiger partial charge >= 0.3 is 0 Å². The number of halogens is 1. The normalized spacial score (nSPS) is 10.4. The summed E-state index contributed by atoms with van der Waals surface area (Å²) in [6.45, 7) is 0. The Labute approximate surface area is 146 Å². The second-order valence-electron chi connectivity index (χ2n) is 4.75. The van der Waals surface area contributed by atoms with E-state index in [4.69, 9.17) is 17.0 Å². The first-order valence-corrected chi connectivity index (χ1v) is 8.16. The van der Waals surface area contributed by atoms with Crippen LogP contribution in [-0.4, -0.2) is 23.0 Å². The third-order valence-corrected chi connectivity index (χ3v) is 4.33. The van der Waals surface area contributed by atoms with Crippen LogP contribution in [0.2, 0.25) is 0 Å². The number of aromatic amines is 1. The van der Waals surface area contributed by atoms with Gasteiger partial charge in [0, 0.05) is 17.1 Å². The smallest absolute Gasteiger partial charge is 0.260 e. The number of H-pyrrole nitrogens is 1. The molecular formula is C16H12FN3O2S2. The number of carbonyl (C=O) groups is 1. The monoisotopic (exact) mass is 361 g/mol. The van der Waals surface area contributed by atoms with Crippen molar-refractivity contribution in [2.45, 2.75) is 0 Å². The minimum absolute atomic E-state index is 0.167. The first kappa shape index (κ1) is 16.3. The number of methoxy groups -OCH3 is 1. The number of anilines is 1. The van der Waals surface area contributed by atoms with E-state index in [1.165, 1.54) is 30.6 Å². The van der Waals surface area contributed by atoms with E-state index in [0.29, 0.717) is 26.6 Å². The van der Waals surface area contributed by atoms with Crippen LogP contribution >= 0.6 is 23.6 Å². The molecule has 0 radical (unpaired) electrons. The van der Waals surface area contributed by atoms with Crippen molar-refractivity contribution < 1.29 is 13.9 Å². The van der Waals surface area contributed by atoms with Crippen LogP contribution in [-0.2, 0) is 0 Å². The molecule has 0 spiro atoms. The zero-order chi connectivity index (χ0) is 17.1. The number of nitrogens with one attached hydrogen (secondary N) is 2. The van der Waals surface area contributed by atoms with Crippen molar-refractivity contribution in [1.82, 2.24) is 9.97 Å². The summed E-state index contributed by atoms with van der Waals surface area (Å²) in [6.07, 6.45) is 1.65. The van der Waals surface area contributed by atoms with Crippen molar-refractivity contribution in [3.05, 3.63) is 57.9 Å². The molecule has 1 aromatic carbocycles. The summed E-state index contributed by atoms with van der Waals surface area (Å²) in [5.74, 6) is -0.649. The second-order valence-corrected chi connectivity index (χ2v) is 6.02. The number of benzene rings is 1. The molecule has 0 unspecified atom stereocenters. The number of hydrogen-bond acceptors (Lipinski definition) is 5. The van der Waals surface area contributed by atoms with E-state index in [-0.39, 0.29) is 11.7 Å². The molecule has 122 valence electrons. The fourth-order valence-electron chi connectivity index (χ4n) is 2.05. The summed E-state index contributed by atoms with van der Waals surface area (Å²) in [6, 6.07) is 7.90. The first-order chi connectivity index (χ1) is 11.6. The number of amides is 1. The number of pyridine rings is 1. The maximum absolute atomic E-state index is 13.8. The van der Waals surface area contributed by atoms with E-state index in [2.05, 4.69) is 15.3 Å². The van der Waals surface area contributed by atoms with E-state index < -0.39 is 5.82 Å². The molecule has 0 fully saturated rings. The number of rotatable bonds is 4. The Hall–Kier alpha value is -2.58. The van der Waals surface area contributed by atoms with Gasteiger partial charge in [-0.3, -0.25) is 10.1 Å². The van der Waals surface area contributed by atoms with Gasteiger partial charge in [-0.15, -0.1) is 11.3 Å². The van der Waals surface area contributed by atoms with Crippen LogP contribution in [0.4, 0.5) is 9.52 Å². The SMILES string of the molecule is COc1ccc(-c2csc(NC(=O)c3ccc[nH]c3=S)n2)cc1F. The van der Waals surface area contributed by atoms with E-state index in [1.54, 1.807) is 29.8 Å². The minimum Gasteiger partial charge on any atom is -0.494 e. The van der Waals surface area contributed by atoms with Crippen molar-refractivity contribution in [3.8, 4) is 17.0 Å². The van der Waals surface area contributed by atoms with Crippen LogP contribution in [0, 0.1) is 10.5 Å². The predicted octanol–water partition coefficient (Wildman–Crippen LogP) is 4.27. The van der Waals surface area contributed by atoms with Crippen LogP contribution in [0.25, 0.3) is 11.3 Å². The van der Waals surface area contributed by atoms with Gasteiger partial charge < -0.3 is 9.72 Å². The summed E-state index contributed by atoms with van der Waals surface area (Å²) in [7, 11) is 1.41. The van der Waals surface area contributed by atoms with Crippen molar-refractivity contribution >= 4 is 34.6 Å². The molecule has 0 bridgehead atoms. The predicted molar refractivity (Wildman–Crippen MR) is 93.6 cm³/mol. The van der Waals surface area contributed by atoms with Gasteiger partial charge in [-0.25, -0.2) is 9.37 Å². The lowest BCUT2D eigenvalue weighted by molar-refractivity contribution is 0.102. The number of ether oxygens (including phenoxy) is 1. The van der Waals surface area contributed by atoms with Crippen molar-refractivity contribution in [3.63, 3.8) is 0 Å². The molecule has 0 aliphatic carbocycles. The lowest BCUT2D eigenvalue weighted by Crippen LogP contribution is -2.12. The molecule has 0 saturated heterocycles. The quantitative estimate of drug-likeness (QED) is 0.681. The molecule has 0 aliphatic rings. The molecule has 8 heteroatoms. The summed E-state index contributed by atoms with van der Waals surface area (Å²) in [5.41, 5.74) is 1.52. The van der Waals surface area contributed by atoms with Gasteiger partial charge in [0.15, 0.2) is 16.7 Å². The van der Waals surface area contributed by atoms with Crippen molar-refractivity contribution in [2.24, 2.45) is 0 Å². The summed E-state index contributed by atoms with van der Waals surface area (Å²) in [4.78, 5) is 19.3. The summed E-state index contributed by atoms with van der Waals surface area (Å²) in [5, 5.41) is 4.84. The van der Waals surface area contributed by atoms with Gasteiger partial charge in [-0.1, -0.05) is 12.2 Å². The maximum Gasteiger partial charge on any atom is 0.260 e. The molecule has 3 rings (SSSR count). The second kappa shape index (κ2) is 6.90. The molecule has 2 aromatic heterocycles. The molecule has 24 heavy (non-hydrogen) atoms. The highest BCUT2D eigenvalue weighted by Gasteiger charge is 2.12. The fraction of sp³-hybridized carbons (Fsp3) is 0.0625. The topological polar surface area (TPSA) is 67.0 Å². The highest BCUT2D eigenvalue weighted by atomic mass is 32.1. The highest BCUT2D eigenvalue weighted by molar-refractivity contribution is 7.71. The van der Waals surface area contributed by atoms with Crippen LogP contribution in [0.3, 0.4) is 0 Å². The number of nitrogens with zero attached hydrogens (tertiary/aromatic N) is 1. The van der Waals surface area contributed by atoms with E-state index >= 15 is 0 Å². The zero-order valence-electron chi connectivity index (χ0n) is 12.5. The van der Waals surface area contributed by atoms with Crippen LogP contribution < -0.4 is 10.1 Å². The summed E-state index contributed by atoms with van der Waals surface area (Å²) < 4.78 is 19.0. The largest absolute Gasteiger partial charge is 0.494 e. The minimum atomic E-state index is -0.468. The Morgan fingerprint density at radius 1 is 1.42 bits per heavy atom. The Bertz CT molecular complexity index is 952. The van der Waals surface area contributed by atoms with Crippen LogP contribution in [0.5, 0.6) is 5.75 Å². The lowest BCUT2D eigenvalue weighted by Gasteiger charge is -2.03. The van der Waals surface area contributed by atoms with Crippen LogP contribution in [0.15, 0.2) is 41.9 Å². The summed E-state index contributed by atoms with van der Waals surface area (Å²) >= 11 is 6.33. The van der Waals surface area contributed by atoms with Gasteiger partial charge in [0.2, 0.25) is 0 Å². The fourth-order valence-corrected chi connectivity index (χ4v) is 3.00. The first-order valence-electron chi connectivity index (χ1n) is 6.87. The number of carbonyl (C=O) groups excluding carboxylic acids is 1. The van der Waals surface area contributed by atoms with Crippen molar-refractivity contribution in [1.29, 1.82) is 0 Å². The average molecular weight is 361 g/mol. The maximum atomic E-state index is 13.8. The van der Waals surface area contributed by atoms with E-state index in [9.17, 15) is 9.18 Å². The third kappa shape index (κ3) is 3.34. The third-order valence-electron chi connectivity index (χ3n) is 3.24. The number of thiazole rings is 1. The molecule has 3 aromatic rings. The Balaban J connectivity index is 1.81. The van der Waals surface area contributed by atoms with Crippen molar-refractivity contribution in [2.75, 3.05) is 12.4 Å². The van der Waals surface area contributed by atoms with Gasteiger partial charge in [0.25, 0.3) is 5.91 Å². The Morgan fingerprint density at radius 3 is 2.96 bits per heavy atom. The molecular weight excluding hydrogens is 349 g/mol. The Morgan fingerprint density at radius 2 is 2.25 bits per heavy atom. The van der Waals surface area contributed by atoms with E-state index in [1.807, 2.05) is 0 Å². The van der Waals surface area contributed by atoms with E-state index in [0.717, 1.165) is 0 Å². The average Bonchev–Trinajstić information content (AvgIpc) is 3.03.